The molecule has 1 aromatic heterocycles. The quantitative estimate of drug-likeness (QED) is 0.687. The van der Waals surface area contributed by atoms with E-state index in [4.69, 9.17) is 0 Å². The van der Waals surface area contributed by atoms with Crippen LogP contribution >= 0.6 is 15.9 Å². The fourth-order valence-corrected chi connectivity index (χ4v) is 1.56. The zero-order chi connectivity index (χ0) is 12.3. The third kappa shape index (κ3) is 2.29. The van der Waals surface area contributed by atoms with Crippen molar-refractivity contribution >= 4 is 21.9 Å². The number of hydrogen-bond donors (Lipinski definition) is 1. The summed E-state index contributed by atoms with van der Waals surface area (Å²) in [5.74, 6) is -1.64. The van der Waals surface area contributed by atoms with Gasteiger partial charge in [-0.05, 0) is 0 Å². The first-order chi connectivity index (χ1) is 7.52. The third-order valence-electron chi connectivity index (χ3n) is 1.92. The van der Waals surface area contributed by atoms with Gasteiger partial charge >= 0.3 is 5.97 Å². The molecule has 1 N–H and O–H groups in total. The largest absolute Gasteiger partial charge is 0.505 e. The van der Waals surface area contributed by atoms with Gasteiger partial charge in [0.2, 0.25) is 0 Å². The van der Waals surface area contributed by atoms with Gasteiger partial charge in [0.1, 0.15) is 5.75 Å². The van der Waals surface area contributed by atoms with Crippen molar-refractivity contribution in [3.63, 3.8) is 0 Å². The van der Waals surface area contributed by atoms with Crippen molar-refractivity contribution in [2.75, 3.05) is 7.11 Å². The van der Waals surface area contributed by atoms with Crippen LogP contribution in [0, 0.1) is 0 Å². The van der Waals surface area contributed by atoms with Crippen LogP contribution in [0.4, 0.5) is 8.78 Å². The molecule has 0 fully saturated rings. The van der Waals surface area contributed by atoms with Gasteiger partial charge in [-0.15, -0.1) is 0 Å². The van der Waals surface area contributed by atoms with Gasteiger partial charge in [0.05, 0.1) is 23.9 Å². The van der Waals surface area contributed by atoms with Gasteiger partial charge in [-0.25, -0.2) is 13.6 Å². The first-order valence-electron chi connectivity index (χ1n) is 4.16. The Labute approximate surface area is 98.4 Å². The molecule has 0 bridgehead atoms. The maximum absolute atomic E-state index is 12.7. The molecule has 4 nitrogen and oxygen atoms in total. The highest BCUT2D eigenvalue weighted by atomic mass is 79.9. The van der Waals surface area contributed by atoms with Crippen molar-refractivity contribution in [3.8, 4) is 5.75 Å². The summed E-state index contributed by atoms with van der Waals surface area (Å²) in [6, 6.07) is 0. The molecule has 0 spiro atoms. The minimum atomic E-state index is -2.98. The lowest BCUT2D eigenvalue weighted by atomic mass is 10.1. The van der Waals surface area contributed by atoms with E-state index < -0.39 is 29.3 Å². The van der Waals surface area contributed by atoms with Gasteiger partial charge in [-0.1, -0.05) is 15.9 Å². The summed E-state index contributed by atoms with van der Waals surface area (Å²) in [6.45, 7) is 0. The van der Waals surface area contributed by atoms with Crippen LogP contribution in [0.2, 0.25) is 0 Å². The number of carbonyl (C=O) groups excluding carboxylic acids is 1. The molecule has 0 unspecified atom stereocenters. The van der Waals surface area contributed by atoms with Crippen LogP contribution < -0.4 is 0 Å². The van der Waals surface area contributed by atoms with Gasteiger partial charge in [-0.3, -0.25) is 4.98 Å². The highest BCUT2D eigenvalue weighted by Crippen LogP contribution is 2.34. The summed E-state index contributed by atoms with van der Waals surface area (Å²) in [5.41, 5.74) is -1.14. The summed E-state index contributed by atoms with van der Waals surface area (Å²) in [6.07, 6.45) is -2.02. The van der Waals surface area contributed by atoms with E-state index in [1.165, 1.54) is 0 Å². The number of alkyl halides is 3. The minimum Gasteiger partial charge on any atom is -0.505 e. The van der Waals surface area contributed by atoms with Crippen molar-refractivity contribution in [3.05, 3.63) is 23.0 Å². The molecule has 16 heavy (non-hydrogen) atoms. The molecule has 0 aliphatic carbocycles. The van der Waals surface area contributed by atoms with E-state index in [0.29, 0.717) is 0 Å². The zero-order valence-electron chi connectivity index (χ0n) is 8.21. The smallest absolute Gasteiger partial charge is 0.340 e. The fourth-order valence-electron chi connectivity index (χ4n) is 1.15. The average molecular weight is 296 g/mol. The molecule has 0 saturated heterocycles. The lowest BCUT2D eigenvalue weighted by Gasteiger charge is -2.10. The number of pyridine rings is 1. The number of rotatable bonds is 3. The molecular formula is C9H8BrF2NO3. The summed E-state index contributed by atoms with van der Waals surface area (Å²) < 4.78 is 29.7. The van der Waals surface area contributed by atoms with Crippen molar-refractivity contribution < 1.29 is 23.4 Å². The predicted octanol–water partition coefficient (Wildman–Crippen LogP) is 2.41. The third-order valence-corrected chi connectivity index (χ3v) is 2.45. The van der Waals surface area contributed by atoms with E-state index in [2.05, 4.69) is 25.7 Å². The molecule has 0 saturated carbocycles. The van der Waals surface area contributed by atoms with E-state index in [1.54, 1.807) is 0 Å². The van der Waals surface area contributed by atoms with Gasteiger partial charge in [-0.2, -0.15) is 0 Å². The summed E-state index contributed by atoms with van der Waals surface area (Å²) >= 11 is 2.99. The Morgan fingerprint density at radius 2 is 2.31 bits per heavy atom. The Bertz CT molecular complexity index is 412. The molecule has 7 heteroatoms. The predicted molar refractivity (Wildman–Crippen MR) is 54.8 cm³/mol. The summed E-state index contributed by atoms with van der Waals surface area (Å²) in [4.78, 5) is 14.8. The number of aromatic hydroxyl groups is 1. The number of esters is 1. The fraction of sp³-hybridized carbons (Fsp3) is 0.333. The molecule has 0 aliphatic rings. The summed E-state index contributed by atoms with van der Waals surface area (Å²) in [5, 5.41) is 9.62. The molecule has 0 aromatic carbocycles. The van der Waals surface area contributed by atoms with Crippen LogP contribution in [0.3, 0.4) is 0 Å². The Morgan fingerprint density at radius 3 is 2.75 bits per heavy atom. The Balaban J connectivity index is 3.40. The second-order valence-electron chi connectivity index (χ2n) is 2.81. The average Bonchev–Trinajstić information content (AvgIpc) is 2.26. The first kappa shape index (κ1) is 12.8. The molecule has 1 rings (SSSR count). The maximum atomic E-state index is 12.7. The Morgan fingerprint density at radius 1 is 1.69 bits per heavy atom. The molecule has 1 heterocycles. The van der Waals surface area contributed by atoms with Crippen LogP contribution in [0.15, 0.2) is 6.20 Å². The number of halogens is 3. The van der Waals surface area contributed by atoms with Crippen molar-refractivity contribution in [2.24, 2.45) is 0 Å². The Hall–Kier alpha value is -1.24. The highest BCUT2D eigenvalue weighted by Gasteiger charge is 2.25. The van der Waals surface area contributed by atoms with Gasteiger partial charge < -0.3 is 9.84 Å². The lowest BCUT2D eigenvalue weighted by Crippen LogP contribution is -2.08. The standard InChI is InChI=1S/C9H8BrF2NO3/c1-16-9(15)4-3-13-5(2-10)7(14)6(4)8(11)12/h3,8,14H,2H2,1H3. The number of aromatic nitrogens is 1. The van der Waals surface area contributed by atoms with Crippen molar-refractivity contribution in [2.45, 2.75) is 11.8 Å². The van der Waals surface area contributed by atoms with E-state index in [1.807, 2.05) is 0 Å². The van der Waals surface area contributed by atoms with Crippen molar-refractivity contribution in [1.82, 2.24) is 4.98 Å². The SMILES string of the molecule is COC(=O)c1cnc(CBr)c(O)c1C(F)F. The van der Waals surface area contributed by atoms with E-state index in [-0.39, 0.29) is 11.0 Å². The number of nitrogens with zero attached hydrogens (tertiary/aromatic N) is 1. The first-order valence-corrected chi connectivity index (χ1v) is 5.28. The maximum Gasteiger partial charge on any atom is 0.340 e. The van der Waals surface area contributed by atoms with Gasteiger partial charge in [0.15, 0.2) is 0 Å². The molecule has 1 aromatic rings. The lowest BCUT2D eigenvalue weighted by molar-refractivity contribution is 0.0587. The second kappa shape index (κ2) is 5.20. The topological polar surface area (TPSA) is 59.4 Å². The monoisotopic (exact) mass is 295 g/mol. The Kier molecular flexibility index (Phi) is 4.17. The van der Waals surface area contributed by atoms with E-state index in [9.17, 15) is 18.7 Å². The minimum absolute atomic E-state index is 0.0444. The number of carbonyl (C=O) groups is 1. The van der Waals surface area contributed by atoms with Crippen LogP contribution in [-0.4, -0.2) is 23.2 Å². The van der Waals surface area contributed by atoms with Crippen LogP contribution in [-0.2, 0) is 10.1 Å². The van der Waals surface area contributed by atoms with Crippen LogP contribution in [0.1, 0.15) is 28.0 Å². The van der Waals surface area contributed by atoms with Crippen LogP contribution in [0.25, 0.3) is 0 Å². The highest BCUT2D eigenvalue weighted by molar-refractivity contribution is 9.08. The number of hydrogen-bond acceptors (Lipinski definition) is 4. The molecule has 0 amide bonds. The number of ether oxygens (including phenoxy) is 1. The van der Waals surface area contributed by atoms with Crippen LogP contribution in [0.5, 0.6) is 5.75 Å². The molecule has 0 radical (unpaired) electrons. The zero-order valence-corrected chi connectivity index (χ0v) is 9.79. The molecular weight excluding hydrogens is 288 g/mol. The second-order valence-corrected chi connectivity index (χ2v) is 3.37. The van der Waals surface area contributed by atoms with E-state index in [0.717, 1.165) is 13.3 Å². The summed E-state index contributed by atoms with van der Waals surface area (Å²) in [7, 11) is 1.06. The molecule has 0 aliphatic heterocycles. The number of methoxy groups -OCH3 is 1. The molecule has 88 valence electrons. The van der Waals surface area contributed by atoms with Gasteiger partial charge in [0.25, 0.3) is 6.43 Å². The van der Waals surface area contributed by atoms with Crippen molar-refractivity contribution in [1.29, 1.82) is 0 Å². The van der Waals surface area contributed by atoms with Gasteiger partial charge in [0, 0.05) is 11.5 Å². The molecule has 0 atom stereocenters. The van der Waals surface area contributed by atoms with E-state index >= 15 is 0 Å². The normalized spacial score (nSPS) is 10.6.